The monoisotopic (exact) mass is 391 g/mol. The van der Waals surface area contributed by atoms with E-state index in [1.54, 1.807) is 38.2 Å². The maximum atomic E-state index is 12.9. The van der Waals surface area contributed by atoms with Crippen LogP contribution in [0.2, 0.25) is 0 Å². The number of anilines is 1. The number of aryl methyl sites for hydroxylation is 1. The van der Waals surface area contributed by atoms with E-state index in [9.17, 15) is 13.2 Å². The normalized spacial score (nSPS) is 16.6. The van der Waals surface area contributed by atoms with Crippen LogP contribution in [-0.4, -0.2) is 56.8 Å². The van der Waals surface area contributed by atoms with Crippen molar-refractivity contribution in [2.24, 2.45) is 0 Å². The van der Waals surface area contributed by atoms with Crippen molar-refractivity contribution < 1.29 is 17.6 Å². The van der Waals surface area contributed by atoms with Gasteiger partial charge in [-0.25, -0.2) is 8.42 Å². The van der Waals surface area contributed by atoms with E-state index in [-0.39, 0.29) is 22.6 Å². The fourth-order valence-corrected chi connectivity index (χ4v) is 4.60. The van der Waals surface area contributed by atoms with Gasteiger partial charge in [0, 0.05) is 18.8 Å². The zero-order valence-electron chi connectivity index (χ0n) is 15.8. The van der Waals surface area contributed by atoms with Gasteiger partial charge in [-0.3, -0.25) is 4.79 Å². The maximum Gasteiger partial charge on any atom is 0.291 e. The second-order valence-corrected chi connectivity index (χ2v) is 8.94. The van der Waals surface area contributed by atoms with Crippen LogP contribution in [0.3, 0.4) is 0 Å². The Bertz CT molecular complexity index is 897. The summed E-state index contributed by atoms with van der Waals surface area (Å²) in [6.07, 6.45) is 1.64. The Labute approximate surface area is 160 Å². The third-order valence-corrected chi connectivity index (χ3v) is 6.88. The summed E-state index contributed by atoms with van der Waals surface area (Å²) >= 11 is 0. The van der Waals surface area contributed by atoms with Crippen molar-refractivity contribution in [2.45, 2.75) is 30.7 Å². The van der Waals surface area contributed by atoms with Crippen molar-refractivity contribution in [1.82, 2.24) is 9.21 Å². The average Bonchev–Trinajstić information content (AvgIpc) is 3.09. The predicted molar refractivity (Wildman–Crippen MR) is 103 cm³/mol. The zero-order valence-corrected chi connectivity index (χ0v) is 16.6. The molecule has 2 heterocycles. The van der Waals surface area contributed by atoms with Gasteiger partial charge in [0.2, 0.25) is 10.0 Å². The van der Waals surface area contributed by atoms with E-state index in [4.69, 9.17) is 4.42 Å². The number of hydrogen-bond acceptors (Lipinski definition) is 5. The van der Waals surface area contributed by atoms with Gasteiger partial charge in [-0.05, 0) is 76.3 Å². The van der Waals surface area contributed by atoms with Gasteiger partial charge < -0.3 is 14.6 Å². The van der Waals surface area contributed by atoms with Crippen LogP contribution in [0.4, 0.5) is 5.69 Å². The van der Waals surface area contributed by atoms with Gasteiger partial charge >= 0.3 is 0 Å². The van der Waals surface area contributed by atoms with E-state index in [1.807, 2.05) is 7.05 Å². The molecule has 3 rings (SSSR count). The van der Waals surface area contributed by atoms with Gasteiger partial charge in [-0.2, -0.15) is 4.31 Å². The lowest BCUT2D eigenvalue weighted by molar-refractivity contribution is 0.0995. The molecule has 8 heteroatoms. The van der Waals surface area contributed by atoms with E-state index in [0.717, 1.165) is 25.9 Å². The summed E-state index contributed by atoms with van der Waals surface area (Å²) in [5.74, 6) is 0.492. The van der Waals surface area contributed by atoms with Crippen LogP contribution < -0.4 is 5.32 Å². The Balaban J connectivity index is 1.69. The van der Waals surface area contributed by atoms with Crippen LogP contribution in [0.1, 0.15) is 29.2 Å². The summed E-state index contributed by atoms with van der Waals surface area (Å²) in [4.78, 5) is 14.5. The molecular formula is C19H25N3O4S. The van der Waals surface area contributed by atoms with E-state index in [1.165, 1.54) is 16.4 Å². The van der Waals surface area contributed by atoms with E-state index in [0.29, 0.717) is 11.4 Å². The highest BCUT2D eigenvalue weighted by Gasteiger charge is 2.30. The molecule has 0 spiro atoms. The standard InChI is InChI=1S/C19H25N3O4S/c1-14-4-9-18(26-14)19(23)20-15-5-7-17(8-6-15)27(24,25)22(3)16-10-12-21(2)13-11-16/h4-9,16H,10-13H2,1-3H3,(H,20,23). The first kappa shape index (κ1) is 19.6. The third kappa shape index (κ3) is 4.40. The molecule has 0 saturated carbocycles. The first-order valence-electron chi connectivity index (χ1n) is 8.92. The number of carbonyl (C=O) groups is 1. The number of likely N-dealkylation sites (tertiary alicyclic amines) is 1. The molecule has 1 aliphatic heterocycles. The second-order valence-electron chi connectivity index (χ2n) is 6.94. The minimum absolute atomic E-state index is 0.00720. The Hall–Kier alpha value is -2.16. The van der Waals surface area contributed by atoms with Gasteiger partial charge in [0.25, 0.3) is 5.91 Å². The first-order chi connectivity index (χ1) is 12.8. The molecule has 1 amide bonds. The van der Waals surface area contributed by atoms with E-state index in [2.05, 4.69) is 10.2 Å². The number of carbonyl (C=O) groups excluding carboxylic acids is 1. The van der Waals surface area contributed by atoms with Crippen LogP contribution in [0, 0.1) is 6.92 Å². The lowest BCUT2D eigenvalue weighted by atomic mass is 10.1. The SMILES string of the molecule is Cc1ccc(C(=O)Nc2ccc(S(=O)(=O)N(C)C3CCN(C)CC3)cc2)o1. The molecule has 1 aromatic heterocycles. The molecule has 0 radical (unpaired) electrons. The van der Waals surface area contributed by atoms with Crippen LogP contribution in [0.5, 0.6) is 0 Å². The topological polar surface area (TPSA) is 82.9 Å². The fourth-order valence-electron chi connectivity index (χ4n) is 3.18. The summed E-state index contributed by atoms with van der Waals surface area (Å²) in [7, 11) is 0.116. The lowest BCUT2D eigenvalue weighted by Crippen LogP contribution is -2.44. The first-order valence-corrected chi connectivity index (χ1v) is 10.4. The number of nitrogens with zero attached hydrogens (tertiary/aromatic N) is 2. The Kier molecular flexibility index (Phi) is 5.69. The van der Waals surface area contributed by atoms with Gasteiger partial charge in [0.05, 0.1) is 4.90 Å². The van der Waals surface area contributed by atoms with Crippen molar-refractivity contribution in [3.05, 3.63) is 47.9 Å². The molecule has 1 aromatic carbocycles. The van der Waals surface area contributed by atoms with Crippen molar-refractivity contribution >= 4 is 21.6 Å². The average molecular weight is 391 g/mol. The smallest absolute Gasteiger partial charge is 0.291 e. The third-order valence-electron chi connectivity index (χ3n) is 4.96. The van der Waals surface area contributed by atoms with Crippen LogP contribution in [0.25, 0.3) is 0 Å². The molecule has 1 N–H and O–H groups in total. The van der Waals surface area contributed by atoms with Gasteiger partial charge in [0.15, 0.2) is 5.76 Å². The number of amides is 1. The number of benzene rings is 1. The number of furan rings is 1. The fraction of sp³-hybridized carbons (Fsp3) is 0.421. The van der Waals surface area contributed by atoms with E-state index >= 15 is 0 Å². The Morgan fingerprint density at radius 2 is 1.78 bits per heavy atom. The highest BCUT2D eigenvalue weighted by atomic mass is 32.2. The molecule has 0 bridgehead atoms. The van der Waals surface area contributed by atoms with Crippen LogP contribution in [-0.2, 0) is 10.0 Å². The number of hydrogen-bond donors (Lipinski definition) is 1. The van der Waals surface area contributed by atoms with Crippen molar-refractivity contribution in [2.75, 3.05) is 32.5 Å². The quantitative estimate of drug-likeness (QED) is 0.847. The van der Waals surface area contributed by atoms with Gasteiger partial charge in [-0.1, -0.05) is 0 Å². The molecule has 0 atom stereocenters. The summed E-state index contributed by atoms with van der Waals surface area (Å²) in [6, 6.07) is 9.52. The van der Waals surface area contributed by atoms with Crippen LogP contribution in [0.15, 0.2) is 45.7 Å². The molecule has 146 valence electrons. The summed E-state index contributed by atoms with van der Waals surface area (Å²) in [6.45, 7) is 3.54. The van der Waals surface area contributed by atoms with Crippen molar-refractivity contribution in [3.63, 3.8) is 0 Å². The number of nitrogens with one attached hydrogen (secondary N) is 1. The Morgan fingerprint density at radius 3 is 2.33 bits per heavy atom. The van der Waals surface area contributed by atoms with Gasteiger partial charge in [-0.15, -0.1) is 0 Å². The molecule has 0 unspecified atom stereocenters. The summed E-state index contributed by atoms with van der Waals surface area (Å²) in [5, 5.41) is 2.70. The number of rotatable bonds is 5. The number of sulfonamides is 1. The molecule has 7 nitrogen and oxygen atoms in total. The molecule has 27 heavy (non-hydrogen) atoms. The highest BCUT2D eigenvalue weighted by molar-refractivity contribution is 7.89. The molecule has 2 aromatic rings. The highest BCUT2D eigenvalue weighted by Crippen LogP contribution is 2.23. The Morgan fingerprint density at radius 1 is 1.15 bits per heavy atom. The van der Waals surface area contributed by atoms with Gasteiger partial charge in [0.1, 0.15) is 5.76 Å². The van der Waals surface area contributed by atoms with Crippen LogP contribution >= 0.6 is 0 Å². The second kappa shape index (κ2) is 7.84. The molecular weight excluding hydrogens is 366 g/mol. The maximum absolute atomic E-state index is 12.9. The molecule has 1 saturated heterocycles. The molecule has 1 aliphatic rings. The summed E-state index contributed by atoms with van der Waals surface area (Å²) in [5.41, 5.74) is 0.509. The minimum Gasteiger partial charge on any atom is -0.456 e. The van der Waals surface area contributed by atoms with Crippen molar-refractivity contribution in [3.8, 4) is 0 Å². The van der Waals surface area contributed by atoms with Crippen molar-refractivity contribution in [1.29, 1.82) is 0 Å². The largest absolute Gasteiger partial charge is 0.456 e. The zero-order chi connectivity index (χ0) is 19.6. The minimum atomic E-state index is -3.57. The lowest BCUT2D eigenvalue weighted by Gasteiger charge is -2.34. The predicted octanol–water partition coefficient (Wildman–Crippen LogP) is 2.56. The number of piperidine rings is 1. The van der Waals surface area contributed by atoms with E-state index < -0.39 is 10.0 Å². The summed E-state index contributed by atoms with van der Waals surface area (Å²) < 4.78 is 32.5. The molecule has 0 aliphatic carbocycles. The molecule has 1 fully saturated rings.